The molecule has 0 saturated heterocycles. The molecule has 0 aliphatic heterocycles. The van der Waals surface area contributed by atoms with E-state index in [2.05, 4.69) is 25.1 Å². The first kappa shape index (κ1) is 13.5. The fourth-order valence-electron chi connectivity index (χ4n) is 1.72. The molecular weight excluding hydrogens is 264 g/mol. The van der Waals surface area contributed by atoms with Gasteiger partial charge in [0.15, 0.2) is 0 Å². The van der Waals surface area contributed by atoms with Gasteiger partial charge in [-0.25, -0.2) is 0 Å². The Labute approximate surface area is 117 Å². The average Bonchev–Trinajstić information content (AvgIpc) is 2.37. The van der Waals surface area contributed by atoms with Gasteiger partial charge >= 0.3 is 0 Å². The molecule has 0 amide bonds. The highest BCUT2D eigenvalue weighted by atomic mass is 35.5. The molecule has 0 heterocycles. The summed E-state index contributed by atoms with van der Waals surface area (Å²) in [6, 6.07) is 15.7. The quantitative estimate of drug-likeness (QED) is 0.833. The summed E-state index contributed by atoms with van der Waals surface area (Å²) < 4.78 is 0. The zero-order valence-electron chi connectivity index (χ0n) is 10.1. The molecule has 0 bridgehead atoms. The molecule has 1 N–H and O–H groups in total. The average molecular weight is 279 g/mol. The topological polar surface area (TPSA) is 20.2 Å². The lowest BCUT2D eigenvalue weighted by Crippen LogP contribution is -2.01. The van der Waals surface area contributed by atoms with Crippen molar-refractivity contribution in [2.24, 2.45) is 0 Å². The van der Waals surface area contributed by atoms with Gasteiger partial charge in [-0.2, -0.15) is 0 Å². The summed E-state index contributed by atoms with van der Waals surface area (Å²) in [4.78, 5) is 1.17. The summed E-state index contributed by atoms with van der Waals surface area (Å²) in [5, 5.41) is 10.7. The second-order valence-electron chi connectivity index (χ2n) is 4.16. The molecule has 18 heavy (non-hydrogen) atoms. The first-order chi connectivity index (χ1) is 8.66. The van der Waals surface area contributed by atoms with Crippen molar-refractivity contribution in [1.82, 2.24) is 0 Å². The molecule has 0 aliphatic rings. The van der Waals surface area contributed by atoms with Gasteiger partial charge in [0.05, 0.1) is 6.10 Å². The van der Waals surface area contributed by atoms with Gasteiger partial charge in [0.2, 0.25) is 0 Å². The highest BCUT2D eigenvalue weighted by molar-refractivity contribution is 7.99. The van der Waals surface area contributed by atoms with E-state index in [-0.39, 0.29) is 0 Å². The zero-order chi connectivity index (χ0) is 13.0. The Hall–Kier alpha value is -0.960. The smallest absolute Gasteiger partial charge is 0.0898 e. The van der Waals surface area contributed by atoms with Crippen molar-refractivity contribution < 1.29 is 5.11 Å². The van der Waals surface area contributed by atoms with E-state index in [4.69, 9.17) is 11.6 Å². The molecule has 0 aromatic heterocycles. The van der Waals surface area contributed by atoms with E-state index >= 15 is 0 Å². The van der Waals surface area contributed by atoms with Gasteiger partial charge in [0.1, 0.15) is 0 Å². The van der Waals surface area contributed by atoms with Gasteiger partial charge in [-0.05, 0) is 30.7 Å². The van der Waals surface area contributed by atoms with E-state index in [0.717, 1.165) is 5.56 Å². The van der Waals surface area contributed by atoms with Crippen LogP contribution in [-0.2, 0) is 0 Å². The van der Waals surface area contributed by atoms with Gasteiger partial charge in [-0.1, -0.05) is 47.5 Å². The van der Waals surface area contributed by atoms with E-state index in [1.165, 1.54) is 10.5 Å². The molecule has 2 aromatic carbocycles. The van der Waals surface area contributed by atoms with E-state index in [0.29, 0.717) is 10.8 Å². The third-order valence-electron chi connectivity index (χ3n) is 2.66. The molecule has 3 heteroatoms. The molecule has 0 saturated carbocycles. The Morgan fingerprint density at radius 1 is 1.17 bits per heavy atom. The van der Waals surface area contributed by atoms with Crippen LogP contribution in [0.2, 0.25) is 5.02 Å². The minimum atomic E-state index is -0.538. The molecule has 0 aliphatic carbocycles. The van der Waals surface area contributed by atoms with Crippen molar-refractivity contribution in [2.45, 2.75) is 17.9 Å². The van der Waals surface area contributed by atoms with Crippen LogP contribution in [0.3, 0.4) is 0 Å². The molecule has 94 valence electrons. The largest absolute Gasteiger partial charge is 0.387 e. The van der Waals surface area contributed by atoms with Gasteiger partial charge in [0, 0.05) is 15.7 Å². The standard InChI is InChI=1S/C15H15ClOS/c1-11-5-4-6-12(9-11)18-10-15(17)13-7-2-3-8-14(13)16/h2-9,15,17H,10H2,1H3. The maximum absolute atomic E-state index is 10.1. The Balaban J connectivity index is 2.00. The molecule has 0 radical (unpaired) electrons. The Morgan fingerprint density at radius 3 is 2.67 bits per heavy atom. The normalized spacial score (nSPS) is 12.4. The predicted octanol–water partition coefficient (Wildman–Crippen LogP) is 4.47. The van der Waals surface area contributed by atoms with Crippen LogP contribution in [0.1, 0.15) is 17.2 Å². The number of thioether (sulfide) groups is 1. The SMILES string of the molecule is Cc1cccc(SCC(O)c2ccccc2Cl)c1. The highest BCUT2D eigenvalue weighted by Gasteiger charge is 2.11. The molecular formula is C15H15ClOS. The lowest BCUT2D eigenvalue weighted by Gasteiger charge is -2.12. The predicted molar refractivity (Wildman–Crippen MR) is 78.3 cm³/mol. The Morgan fingerprint density at radius 2 is 1.94 bits per heavy atom. The van der Waals surface area contributed by atoms with Crippen molar-refractivity contribution in [3.05, 3.63) is 64.7 Å². The molecule has 0 spiro atoms. The molecule has 2 aromatic rings. The lowest BCUT2D eigenvalue weighted by atomic mass is 10.1. The maximum atomic E-state index is 10.1. The number of halogens is 1. The second-order valence-corrected chi connectivity index (χ2v) is 5.67. The summed E-state index contributed by atoms with van der Waals surface area (Å²) in [6.45, 7) is 2.06. The number of aliphatic hydroxyl groups excluding tert-OH is 1. The van der Waals surface area contributed by atoms with Crippen molar-refractivity contribution in [3.63, 3.8) is 0 Å². The summed E-state index contributed by atoms with van der Waals surface area (Å²) >= 11 is 7.69. The number of rotatable bonds is 4. The number of benzene rings is 2. The maximum Gasteiger partial charge on any atom is 0.0898 e. The van der Waals surface area contributed by atoms with Crippen LogP contribution in [0, 0.1) is 6.92 Å². The minimum Gasteiger partial charge on any atom is -0.387 e. The third kappa shape index (κ3) is 3.52. The van der Waals surface area contributed by atoms with E-state index in [1.54, 1.807) is 17.8 Å². The fraction of sp³-hybridized carbons (Fsp3) is 0.200. The molecule has 1 nitrogen and oxygen atoms in total. The third-order valence-corrected chi connectivity index (χ3v) is 4.08. The first-order valence-electron chi connectivity index (χ1n) is 5.79. The van der Waals surface area contributed by atoms with Crippen LogP contribution in [0.5, 0.6) is 0 Å². The second kappa shape index (κ2) is 6.28. The highest BCUT2D eigenvalue weighted by Crippen LogP contribution is 2.28. The Kier molecular flexibility index (Phi) is 4.70. The zero-order valence-corrected chi connectivity index (χ0v) is 11.7. The van der Waals surface area contributed by atoms with E-state index < -0.39 is 6.10 Å². The van der Waals surface area contributed by atoms with Crippen LogP contribution in [-0.4, -0.2) is 10.9 Å². The van der Waals surface area contributed by atoms with Crippen molar-refractivity contribution in [2.75, 3.05) is 5.75 Å². The fourth-order valence-corrected chi connectivity index (χ4v) is 2.95. The summed E-state index contributed by atoms with van der Waals surface area (Å²) in [7, 11) is 0. The van der Waals surface area contributed by atoms with Gasteiger partial charge in [0.25, 0.3) is 0 Å². The monoisotopic (exact) mass is 278 g/mol. The molecule has 0 fully saturated rings. The van der Waals surface area contributed by atoms with Crippen molar-refractivity contribution in [3.8, 4) is 0 Å². The van der Waals surface area contributed by atoms with E-state index in [1.807, 2.05) is 24.3 Å². The van der Waals surface area contributed by atoms with Gasteiger partial charge in [-0.3, -0.25) is 0 Å². The summed E-state index contributed by atoms with van der Waals surface area (Å²) in [6.07, 6.45) is -0.538. The van der Waals surface area contributed by atoms with Crippen molar-refractivity contribution in [1.29, 1.82) is 0 Å². The number of aliphatic hydroxyl groups is 1. The van der Waals surface area contributed by atoms with Crippen LogP contribution in [0.4, 0.5) is 0 Å². The minimum absolute atomic E-state index is 0.538. The van der Waals surface area contributed by atoms with Crippen LogP contribution in [0.25, 0.3) is 0 Å². The van der Waals surface area contributed by atoms with Crippen LogP contribution < -0.4 is 0 Å². The molecule has 1 atom stereocenters. The van der Waals surface area contributed by atoms with Crippen LogP contribution in [0.15, 0.2) is 53.4 Å². The Bertz CT molecular complexity index is 527. The summed E-state index contributed by atoms with van der Waals surface area (Å²) in [5.74, 6) is 0.604. The molecule has 2 rings (SSSR count). The number of hydrogen-bond donors (Lipinski definition) is 1. The number of hydrogen-bond acceptors (Lipinski definition) is 2. The van der Waals surface area contributed by atoms with Crippen LogP contribution >= 0.6 is 23.4 Å². The molecule has 1 unspecified atom stereocenters. The summed E-state index contributed by atoms with van der Waals surface area (Å²) in [5.41, 5.74) is 2.02. The lowest BCUT2D eigenvalue weighted by molar-refractivity contribution is 0.204. The van der Waals surface area contributed by atoms with Gasteiger partial charge in [-0.15, -0.1) is 11.8 Å². The first-order valence-corrected chi connectivity index (χ1v) is 7.15. The van der Waals surface area contributed by atoms with Gasteiger partial charge < -0.3 is 5.11 Å². The van der Waals surface area contributed by atoms with E-state index in [9.17, 15) is 5.11 Å². The number of aryl methyl sites for hydroxylation is 1. The van der Waals surface area contributed by atoms with Crippen molar-refractivity contribution >= 4 is 23.4 Å².